The zero-order valence-corrected chi connectivity index (χ0v) is 12.5. The first kappa shape index (κ1) is 16.4. The molecule has 1 aliphatic rings. The third-order valence-corrected chi connectivity index (χ3v) is 3.63. The summed E-state index contributed by atoms with van der Waals surface area (Å²) in [5, 5.41) is 0. The van der Waals surface area contributed by atoms with Gasteiger partial charge in [0.05, 0.1) is 18.1 Å². The third kappa shape index (κ3) is 5.89. The Morgan fingerprint density at radius 3 is 2.53 bits per heavy atom. The fourth-order valence-corrected chi connectivity index (χ4v) is 2.15. The first-order valence-corrected chi connectivity index (χ1v) is 7.13. The molecule has 1 saturated heterocycles. The first-order valence-electron chi connectivity index (χ1n) is 7.13. The van der Waals surface area contributed by atoms with E-state index in [9.17, 15) is 4.79 Å². The van der Waals surface area contributed by atoms with Crippen molar-refractivity contribution in [3.8, 4) is 0 Å². The number of nitrogens with two attached hydrogens (primary N) is 1. The molecule has 0 spiro atoms. The van der Waals surface area contributed by atoms with Gasteiger partial charge in [0.2, 0.25) is 5.91 Å². The van der Waals surface area contributed by atoms with E-state index in [1.807, 2.05) is 18.7 Å². The minimum atomic E-state index is -0.383. The second-order valence-corrected chi connectivity index (χ2v) is 5.73. The molecule has 0 unspecified atom stereocenters. The zero-order chi connectivity index (χ0) is 14.3. The standard InChI is InChI=1S/C14H28N2O3/c1-14(2,18-3)11-13(17)16-8-5-12(6-9-16)19-10-4-7-15/h12H,4-11,15H2,1-3H3. The Kier molecular flexibility index (Phi) is 6.75. The molecule has 1 aliphatic heterocycles. The van der Waals surface area contributed by atoms with Gasteiger partial charge in [-0.2, -0.15) is 0 Å². The third-order valence-electron chi connectivity index (χ3n) is 3.63. The van der Waals surface area contributed by atoms with E-state index in [1.54, 1.807) is 7.11 Å². The summed E-state index contributed by atoms with van der Waals surface area (Å²) in [6, 6.07) is 0. The largest absolute Gasteiger partial charge is 0.378 e. The van der Waals surface area contributed by atoms with Crippen LogP contribution in [0.3, 0.4) is 0 Å². The summed E-state index contributed by atoms with van der Waals surface area (Å²) in [6.07, 6.45) is 3.46. The molecule has 0 aromatic rings. The van der Waals surface area contributed by atoms with Crippen LogP contribution >= 0.6 is 0 Å². The van der Waals surface area contributed by atoms with E-state index < -0.39 is 0 Å². The lowest BCUT2D eigenvalue weighted by Gasteiger charge is -2.34. The number of methoxy groups -OCH3 is 1. The Hall–Kier alpha value is -0.650. The SMILES string of the molecule is COC(C)(C)CC(=O)N1CCC(OCCCN)CC1. The number of hydrogen-bond donors (Lipinski definition) is 1. The zero-order valence-electron chi connectivity index (χ0n) is 12.5. The van der Waals surface area contributed by atoms with E-state index in [1.165, 1.54) is 0 Å². The summed E-state index contributed by atoms with van der Waals surface area (Å²) < 4.78 is 11.0. The number of nitrogens with zero attached hydrogens (tertiary/aromatic N) is 1. The number of hydrogen-bond acceptors (Lipinski definition) is 4. The molecule has 1 rings (SSSR count). The average Bonchev–Trinajstić information content (AvgIpc) is 2.39. The van der Waals surface area contributed by atoms with Crippen LogP contribution in [0, 0.1) is 0 Å². The summed E-state index contributed by atoms with van der Waals surface area (Å²) in [5.74, 6) is 0.173. The van der Waals surface area contributed by atoms with Crippen molar-refractivity contribution in [3.63, 3.8) is 0 Å². The highest BCUT2D eigenvalue weighted by Gasteiger charge is 2.28. The van der Waals surface area contributed by atoms with Gasteiger partial charge in [-0.15, -0.1) is 0 Å². The number of rotatable bonds is 7. The van der Waals surface area contributed by atoms with Crippen LogP contribution in [-0.4, -0.2) is 55.9 Å². The summed E-state index contributed by atoms with van der Waals surface area (Å²) in [6.45, 7) is 6.84. The van der Waals surface area contributed by atoms with Crippen molar-refractivity contribution in [1.82, 2.24) is 4.90 Å². The van der Waals surface area contributed by atoms with Gasteiger partial charge in [0.15, 0.2) is 0 Å². The molecule has 1 fully saturated rings. The molecule has 5 nitrogen and oxygen atoms in total. The number of piperidine rings is 1. The number of ether oxygens (including phenoxy) is 2. The number of carbonyl (C=O) groups is 1. The van der Waals surface area contributed by atoms with E-state index in [2.05, 4.69) is 0 Å². The van der Waals surface area contributed by atoms with Crippen molar-refractivity contribution in [2.45, 2.75) is 51.2 Å². The Bertz CT molecular complexity index is 274. The summed E-state index contributed by atoms with van der Waals surface area (Å²) in [7, 11) is 1.64. The molecule has 0 radical (unpaired) electrons. The van der Waals surface area contributed by atoms with Crippen LogP contribution in [-0.2, 0) is 14.3 Å². The molecule has 0 saturated carbocycles. The normalized spacial score (nSPS) is 17.8. The van der Waals surface area contributed by atoms with Gasteiger partial charge in [-0.1, -0.05) is 0 Å². The van der Waals surface area contributed by atoms with E-state index in [4.69, 9.17) is 15.2 Å². The Balaban J connectivity index is 2.27. The maximum atomic E-state index is 12.1. The Morgan fingerprint density at radius 2 is 2.00 bits per heavy atom. The molecule has 0 aliphatic carbocycles. The van der Waals surface area contributed by atoms with Crippen LogP contribution in [0.15, 0.2) is 0 Å². The molecular weight excluding hydrogens is 244 g/mol. The quantitative estimate of drug-likeness (QED) is 0.706. The van der Waals surface area contributed by atoms with Gasteiger partial charge in [0, 0.05) is 26.8 Å². The van der Waals surface area contributed by atoms with Gasteiger partial charge in [0.1, 0.15) is 0 Å². The first-order chi connectivity index (χ1) is 8.98. The van der Waals surface area contributed by atoms with Gasteiger partial charge in [-0.3, -0.25) is 4.79 Å². The molecule has 1 heterocycles. The van der Waals surface area contributed by atoms with Gasteiger partial charge in [-0.25, -0.2) is 0 Å². The molecule has 5 heteroatoms. The van der Waals surface area contributed by atoms with E-state index in [0.29, 0.717) is 13.0 Å². The van der Waals surface area contributed by atoms with Crippen molar-refractivity contribution in [1.29, 1.82) is 0 Å². The smallest absolute Gasteiger partial charge is 0.225 e. The molecule has 19 heavy (non-hydrogen) atoms. The van der Waals surface area contributed by atoms with Crippen molar-refractivity contribution < 1.29 is 14.3 Å². The summed E-state index contributed by atoms with van der Waals surface area (Å²) in [4.78, 5) is 14.0. The number of likely N-dealkylation sites (tertiary alicyclic amines) is 1. The molecule has 1 amide bonds. The van der Waals surface area contributed by atoms with Crippen LogP contribution in [0.2, 0.25) is 0 Å². The molecule has 112 valence electrons. The maximum absolute atomic E-state index is 12.1. The van der Waals surface area contributed by atoms with Gasteiger partial charge in [0.25, 0.3) is 0 Å². The Morgan fingerprint density at radius 1 is 1.37 bits per heavy atom. The van der Waals surface area contributed by atoms with Crippen molar-refractivity contribution in [3.05, 3.63) is 0 Å². The van der Waals surface area contributed by atoms with Crippen LogP contribution in [0.4, 0.5) is 0 Å². The van der Waals surface area contributed by atoms with Crippen molar-refractivity contribution in [2.75, 3.05) is 33.4 Å². The second kappa shape index (κ2) is 7.82. The van der Waals surface area contributed by atoms with Gasteiger partial charge >= 0.3 is 0 Å². The molecule has 0 atom stereocenters. The molecule has 0 bridgehead atoms. The lowest BCUT2D eigenvalue weighted by Crippen LogP contribution is -2.43. The highest BCUT2D eigenvalue weighted by molar-refractivity contribution is 5.77. The molecule has 0 aromatic heterocycles. The fourth-order valence-electron chi connectivity index (χ4n) is 2.15. The van der Waals surface area contributed by atoms with E-state index >= 15 is 0 Å². The molecule has 0 aromatic carbocycles. The van der Waals surface area contributed by atoms with Crippen molar-refractivity contribution in [2.24, 2.45) is 5.73 Å². The minimum absolute atomic E-state index is 0.173. The lowest BCUT2D eigenvalue weighted by molar-refractivity contribution is -0.139. The van der Waals surface area contributed by atoms with Crippen LogP contribution < -0.4 is 5.73 Å². The fraction of sp³-hybridized carbons (Fsp3) is 0.929. The minimum Gasteiger partial charge on any atom is -0.378 e. The number of amides is 1. The van der Waals surface area contributed by atoms with Crippen LogP contribution in [0.5, 0.6) is 0 Å². The monoisotopic (exact) mass is 272 g/mol. The molecular formula is C14H28N2O3. The maximum Gasteiger partial charge on any atom is 0.225 e. The predicted molar refractivity (Wildman–Crippen MR) is 74.9 cm³/mol. The Labute approximate surface area is 116 Å². The summed E-state index contributed by atoms with van der Waals surface area (Å²) >= 11 is 0. The average molecular weight is 272 g/mol. The summed E-state index contributed by atoms with van der Waals surface area (Å²) in [5.41, 5.74) is 5.05. The van der Waals surface area contributed by atoms with Crippen LogP contribution in [0.1, 0.15) is 39.5 Å². The van der Waals surface area contributed by atoms with Crippen LogP contribution in [0.25, 0.3) is 0 Å². The van der Waals surface area contributed by atoms with Gasteiger partial charge < -0.3 is 20.1 Å². The molecule has 2 N–H and O–H groups in total. The highest BCUT2D eigenvalue weighted by Crippen LogP contribution is 2.19. The van der Waals surface area contributed by atoms with E-state index in [-0.39, 0.29) is 17.6 Å². The highest BCUT2D eigenvalue weighted by atomic mass is 16.5. The lowest BCUT2D eigenvalue weighted by atomic mass is 10.0. The van der Waals surface area contributed by atoms with E-state index in [0.717, 1.165) is 39.0 Å². The van der Waals surface area contributed by atoms with Crippen molar-refractivity contribution >= 4 is 5.91 Å². The predicted octanol–water partition coefficient (Wildman–Crippen LogP) is 1.16. The van der Waals surface area contributed by atoms with Gasteiger partial charge in [-0.05, 0) is 39.7 Å². The topological polar surface area (TPSA) is 64.8 Å². The second-order valence-electron chi connectivity index (χ2n) is 5.73. The number of carbonyl (C=O) groups excluding carboxylic acids is 1.